The zero-order valence-electron chi connectivity index (χ0n) is 12.9. The maximum absolute atomic E-state index is 12.2. The highest BCUT2D eigenvalue weighted by Gasteiger charge is 2.08. The number of carbonyl (C=O) groups excluding carboxylic acids is 1. The molecule has 0 saturated heterocycles. The predicted octanol–water partition coefficient (Wildman–Crippen LogP) is 3.68. The van der Waals surface area contributed by atoms with Crippen molar-refractivity contribution in [1.82, 2.24) is 4.57 Å². The minimum Gasteiger partial charge on any atom is -0.324 e. The van der Waals surface area contributed by atoms with Gasteiger partial charge < -0.3 is 9.88 Å². The average Bonchev–Trinajstić information content (AvgIpc) is 2.95. The molecule has 0 fully saturated rings. The third-order valence-corrected chi connectivity index (χ3v) is 4.24. The summed E-state index contributed by atoms with van der Waals surface area (Å²) in [5.74, 6) is -0.123. The van der Waals surface area contributed by atoms with Crippen molar-refractivity contribution in [2.45, 2.75) is 13.0 Å². The lowest BCUT2D eigenvalue weighted by Crippen LogP contribution is -2.24. The highest BCUT2D eigenvalue weighted by Crippen LogP contribution is 2.19. The fourth-order valence-corrected chi connectivity index (χ4v) is 2.98. The van der Waals surface area contributed by atoms with E-state index in [0.29, 0.717) is 4.80 Å². The Balaban J connectivity index is 0.00000208. The molecule has 0 saturated carbocycles. The van der Waals surface area contributed by atoms with Crippen LogP contribution in [0.2, 0.25) is 0 Å². The molecule has 0 atom stereocenters. The van der Waals surface area contributed by atoms with E-state index in [0.717, 1.165) is 17.7 Å². The van der Waals surface area contributed by atoms with Crippen molar-refractivity contribution in [3.8, 4) is 0 Å². The first-order chi connectivity index (χ1) is 11.2. The van der Waals surface area contributed by atoms with Crippen LogP contribution >= 0.6 is 23.7 Å². The number of aromatic nitrogens is 1. The molecule has 0 aliphatic rings. The summed E-state index contributed by atoms with van der Waals surface area (Å²) in [6, 6.07) is 18.0. The second-order valence-corrected chi connectivity index (χ2v) is 6.10. The van der Waals surface area contributed by atoms with Crippen molar-refractivity contribution in [2.75, 3.05) is 5.32 Å². The molecule has 4 nitrogen and oxygen atoms in total. The summed E-state index contributed by atoms with van der Waals surface area (Å²) < 4.78 is 1.62. The van der Waals surface area contributed by atoms with Gasteiger partial charge in [-0.25, -0.2) is 0 Å². The molecular formula is C18H18ClN3OS. The molecule has 124 valence electrons. The van der Waals surface area contributed by atoms with Gasteiger partial charge >= 0.3 is 0 Å². The summed E-state index contributed by atoms with van der Waals surface area (Å²) in [5.41, 5.74) is 3.10. The standard InChI is InChI=1S/C18H17N3OS.ClH/c19-18-21(10-11-23-18)13-17(22)20-16-9-5-4-8-15(16)12-14-6-2-1-3-7-14;/h1-11,19H,12-13H2,(H,20,22);1H. The Kier molecular flexibility index (Phi) is 6.35. The van der Waals surface area contributed by atoms with E-state index >= 15 is 0 Å². The number of rotatable bonds is 5. The predicted molar refractivity (Wildman–Crippen MR) is 99.7 cm³/mol. The highest BCUT2D eigenvalue weighted by molar-refractivity contribution is 7.06. The first-order valence-electron chi connectivity index (χ1n) is 7.32. The van der Waals surface area contributed by atoms with Crippen LogP contribution in [-0.2, 0) is 17.8 Å². The van der Waals surface area contributed by atoms with E-state index in [9.17, 15) is 4.79 Å². The Hall–Kier alpha value is -2.37. The number of hydrogen-bond donors (Lipinski definition) is 2. The summed E-state index contributed by atoms with van der Waals surface area (Å²) in [4.78, 5) is 12.6. The molecule has 24 heavy (non-hydrogen) atoms. The van der Waals surface area contributed by atoms with Crippen molar-refractivity contribution in [3.63, 3.8) is 0 Å². The molecule has 0 aliphatic heterocycles. The Morgan fingerprint density at radius 2 is 1.79 bits per heavy atom. The third kappa shape index (κ3) is 4.57. The number of hydrogen-bond acceptors (Lipinski definition) is 3. The van der Waals surface area contributed by atoms with Crippen molar-refractivity contribution in [2.24, 2.45) is 0 Å². The zero-order valence-corrected chi connectivity index (χ0v) is 14.6. The first-order valence-corrected chi connectivity index (χ1v) is 8.20. The Bertz CT molecular complexity index is 858. The number of nitrogens with zero attached hydrogens (tertiary/aromatic N) is 1. The van der Waals surface area contributed by atoms with Crippen LogP contribution in [0.15, 0.2) is 66.2 Å². The molecule has 0 aliphatic carbocycles. The van der Waals surface area contributed by atoms with E-state index in [2.05, 4.69) is 17.4 Å². The quantitative estimate of drug-likeness (QED) is 0.717. The summed E-state index contributed by atoms with van der Waals surface area (Å²) in [7, 11) is 0. The van der Waals surface area contributed by atoms with Gasteiger partial charge in [-0.05, 0) is 23.6 Å². The lowest BCUT2D eigenvalue weighted by molar-refractivity contribution is -0.116. The molecule has 0 bridgehead atoms. The van der Waals surface area contributed by atoms with Crippen LogP contribution in [0.3, 0.4) is 0 Å². The van der Waals surface area contributed by atoms with Crippen LogP contribution in [-0.4, -0.2) is 10.5 Å². The minimum atomic E-state index is -0.123. The van der Waals surface area contributed by atoms with Crippen molar-refractivity contribution >= 4 is 35.3 Å². The van der Waals surface area contributed by atoms with Gasteiger partial charge in [-0.2, -0.15) is 0 Å². The van der Waals surface area contributed by atoms with Crippen LogP contribution in [0.4, 0.5) is 5.69 Å². The molecule has 0 spiro atoms. The van der Waals surface area contributed by atoms with E-state index in [-0.39, 0.29) is 24.9 Å². The smallest absolute Gasteiger partial charge is 0.244 e. The summed E-state index contributed by atoms with van der Waals surface area (Å²) >= 11 is 1.31. The lowest BCUT2D eigenvalue weighted by atomic mass is 10.0. The first kappa shape index (κ1) is 18.0. The Morgan fingerprint density at radius 3 is 2.50 bits per heavy atom. The van der Waals surface area contributed by atoms with Gasteiger partial charge in [0.1, 0.15) is 6.54 Å². The zero-order chi connectivity index (χ0) is 16.1. The van der Waals surface area contributed by atoms with Gasteiger partial charge in [0.05, 0.1) is 0 Å². The molecule has 3 aromatic rings. The lowest BCUT2D eigenvalue weighted by Gasteiger charge is -2.11. The topological polar surface area (TPSA) is 57.9 Å². The largest absolute Gasteiger partial charge is 0.324 e. The number of thiazole rings is 1. The van der Waals surface area contributed by atoms with E-state index in [1.807, 2.05) is 42.5 Å². The maximum atomic E-state index is 12.2. The summed E-state index contributed by atoms with van der Waals surface area (Å²) in [6.45, 7) is 0.155. The second kappa shape index (κ2) is 8.47. The van der Waals surface area contributed by atoms with Gasteiger partial charge in [-0.1, -0.05) is 48.5 Å². The van der Waals surface area contributed by atoms with Crippen LogP contribution in [0.5, 0.6) is 0 Å². The van der Waals surface area contributed by atoms with Crippen LogP contribution < -0.4 is 10.1 Å². The number of nitrogens with one attached hydrogen (secondary N) is 2. The van der Waals surface area contributed by atoms with Crippen molar-refractivity contribution < 1.29 is 4.79 Å². The van der Waals surface area contributed by atoms with Gasteiger partial charge in [0, 0.05) is 17.3 Å². The monoisotopic (exact) mass is 359 g/mol. The second-order valence-electron chi connectivity index (χ2n) is 5.20. The van der Waals surface area contributed by atoms with Gasteiger partial charge in [0.15, 0.2) is 4.80 Å². The normalized spacial score (nSPS) is 10.0. The molecule has 1 heterocycles. The maximum Gasteiger partial charge on any atom is 0.244 e. The number of para-hydroxylation sites is 1. The van der Waals surface area contributed by atoms with Gasteiger partial charge in [-0.15, -0.1) is 23.7 Å². The SMILES string of the molecule is Cl.N=c1sccn1CC(=O)Nc1ccccc1Cc1ccccc1. The van der Waals surface area contributed by atoms with Gasteiger partial charge in [0.25, 0.3) is 0 Å². The molecule has 2 N–H and O–H groups in total. The van der Waals surface area contributed by atoms with Crippen LogP contribution in [0.1, 0.15) is 11.1 Å². The number of amides is 1. The highest BCUT2D eigenvalue weighted by atomic mass is 35.5. The van der Waals surface area contributed by atoms with E-state index in [1.54, 1.807) is 16.1 Å². The Morgan fingerprint density at radius 1 is 1.08 bits per heavy atom. The van der Waals surface area contributed by atoms with E-state index in [1.165, 1.54) is 16.9 Å². The fourth-order valence-electron chi connectivity index (χ4n) is 2.38. The molecule has 1 aromatic heterocycles. The number of halogens is 1. The van der Waals surface area contributed by atoms with E-state index in [4.69, 9.17) is 5.41 Å². The summed E-state index contributed by atoms with van der Waals surface area (Å²) in [6.07, 6.45) is 2.52. The molecular weight excluding hydrogens is 342 g/mol. The van der Waals surface area contributed by atoms with Crippen molar-refractivity contribution in [1.29, 1.82) is 5.41 Å². The van der Waals surface area contributed by atoms with Gasteiger partial charge in [-0.3, -0.25) is 10.2 Å². The average molecular weight is 360 g/mol. The molecule has 3 rings (SSSR count). The fraction of sp³-hybridized carbons (Fsp3) is 0.111. The molecule has 0 unspecified atom stereocenters. The van der Waals surface area contributed by atoms with Gasteiger partial charge in [0.2, 0.25) is 5.91 Å². The number of anilines is 1. The van der Waals surface area contributed by atoms with E-state index < -0.39 is 0 Å². The van der Waals surface area contributed by atoms with Crippen LogP contribution in [0, 0.1) is 5.41 Å². The molecule has 0 radical (unpaired) electrons. The molecule has 6 heteroatoms. The molecule has 1 amide bonds. The third-order valence-electron chi connectivity index (χ3n) is 3.52. The van der Waals surface area contributed by atoms with Crippen LogP contribution in [0.25, 0.3) is 0 Å². The Labute approximate surface area is 150 Å². The number of carbonyl (C=O) groups is 1. The van der Waals surface area contributed by atoms with Crippen molar-refractivity contribution in [3.05, 3.63) is 82.1 Å². The molecule has 2 aromatic carbocycles. The minimum absolute atomic E-state index is 0. The summed E-state index contributed by atoms with van der Waals surface area (Å²) in [5, 5.41) is 12.5. The number of benzene rings is 2.